The van der Waals surface area contributed by atoms with Crippen molar-refractivity contribution < 1.29 is 9.85 Å². The van der Waals surface area contributed by atoms with Gasteiger partial charge in [-0.25, -0.2) is 4.98 Å². The lowest BCUT2D eigenvalue weighted by Gasteiger charge is -1.97. The number of rotatable bonds is 4. The fourth-order valence-corrected chi connectivity index (χ4v) is 2.57. The molecule has 0 saturated carbocycles. The first-order chi connectivity index (χ1) is 11.9. The highest BCUT2D eigenvalue weighted by atomic mass is 16.6. The third-order valence-corrected chi connectivity index (χ3v) is 3.88. The van der Waals surface area contributed by atoms with E-state index in [2.05, 4.69) is 4.98 Å². The fraction of sp³-hybridized carbons (Fsp3) is 0.118. The van der Waals surface area contributed by atoms with Crippen molar-refractivity contribution in [1.82, 2.24) is 9.38 Å². The molecule has 0 unspecified atom stereocenters. The molecule has 8 nitrogen and oxygen atoms in total. The highest BCUT2D eigenvalue weighted by Crippen LogP contribution is 2.28. The molecule has 0 fully saturated rings. The molecule has 0 saturated heterocycles. The van der Waals surface area contributed by atoms with Crippen LogP contribution in [-0.2, 0) is 0 Å². The Labute approximate surface area is 142 Å². The first-order valence-corrected chi connectivity index (χ1v) is 7.43. The Morgan fingerprint density at radius 1 is 1.00 bits per heavy atom. The maximum Gasteiger partial charge on any atom is 0.346 e. The van der Waals surface area contributed by atoms with Crippen LogP contribution in [0.1, 0.15) is 22.5 Å². The monoisotopic (exact) mass is 338 g/mol. The predicted molar refractivity (Wildman–Crippen MR) is 93.3 cm³/mol. The number of aryl methyl sites for hydroxylation is 2. The number of nitro groups is 2. The highest BCUT2D eigenvalue weighted by molar-refractivity contribution is 5.73. The van der Waals surface area contributed by atoms with Gasteiger partial charge < -0.3 is 4.40 Å². The molecule has 0 amide bonds. The molecule has 2 heterocycles. The van der Waals surface area contributed by atoms with E-state index >= 15 is 0 Å². The largest absolute Gasteiger partial charge is 0.346 e. The Balaban J connectivity index is 2.00. The van der Waals surface area contributed by atoms with Gasteiger partial charge in [0.1, 0.15) is 5.65 Å². The molecule has 0 N–H and O–H groups in total. The molecule has 126 valence electrons. The minimum Gasteiger partial charge on any atom is -0.304 e. The Morgan fingerprint density at radius 2 is 1.72 bits per heavy atom. The summed E-state index contributed by atoms with van der Waals surface area (Å²) >= 11 is 0. The second-order valence-corrected chi connectivity index (χ2v) is 5.61. The number of imidazole rings is 1. The predicted octanol–water partition coefficient (Wildman–Crippen LogP) is 3.94. The van der Waals surface area contributed by atoms with Gasteiger partial charge in [0, 0.05) is 24.0 Å². The van der Waals surface area contributed by atoms with Crippen molar-refractivity contribution in [1.29, 1.82) is 0 Å². The molecule has 0 aliphatic carbocycles. The van der Waals surface area contributed by atoms with Gasteiger partial charge in [-0.05, 0) is 49.2 Å². The summed E-state index contributed by atoms with van der Waals surface area (Å²) < 4.78 is 1.95. The summed E-state index contributed by atoms with van der Waals surface area (Å²) in [7, 11) is 0. The van der Waals surface area contributed by atoms with Crippen molar-refractivity contribution in [2.45, 2.75) is 13.8 Å². The topological polar surface area (TPSA) is 104 Å². The van der Waals surface area contributed by atoms with Crippen LogP contribution in [-0.4, -0.2) is 19.2 Å². The molecule has 25 heavy (non-hydrogen) atoms. The van der Waals surface area contributed by atoms with Crippen LogP contribution >= 0.6 is 0 Å². The Hall–Kier alpha value is -3.55. The van der Waals surface area contributed by atoms with E-state index in [4.69, 9.17) is 0 Å². The van der Waals surface area contributed by atoms with Gasteiger partial charge in [-0.2, -0.15) is 0 Å². The van der Waals surface area contributed by atoms with Gasteiger partial charge >= 0.3 is 11.4 Å². The van der Waals surface area contributed by atoms with Crippen LogP contribution in [0.15, 0.2) is 36.5 Å². The summed E-state index contributed by atoms with van der Waals surface area (Å²) in [4.78, 5) is 24.9. The van der Waals surface area contributed by atoms with Gasteiger partial charge in [0.05, 0.1) is 15.5 Å². The van der Waals surface area contributed by atoms with Gasteiger partial charge in [-0.3, -0.25) is 20.2 Å². The summed E-state index contributed by atoms with van der Waals surface area (Å²) in [5.41, 5.74) is 3.00. The minimum atomic E-state index is -0.764. The Morgan fingerprint density at radius 3 is 2.40 bits per heavy atom. The number of pyridine rings is 1. The zero-order valence-electron chi connectivity index (χ0n) is 13.5. The number of benzene rings is 1. The normalized spacial score (nSPS) is 11.3. The van der Waals surface area contributed by atoms with E-state index in [1.54, 1.807) is 12.2 Å². The SMILES string of the molecule is Cc1ccn2c(C)c(/C=C/c3ccc([N+](=O)[O-])c([N+](=O)[O-])c3)nc2c1. The van der Waals surface area contributed by atoms with Crippen LogP contribution in [0.5, 0.6) is 0 Å². The number of nitrogens with zero attached hydrogens (tertiary/aromatic N) is 4. The Bertz CT molecular complexity index is 1040. The first-order valence-electron chi connectivity index (χ1n) is 7.43. The lowest BCUT2D eigenvalue weighted by atomic mass is 10.1. The van der Waals surface area contributed by atoms with E-state index < -0.39 is 21.2 Å². The molecule has 2 aromatic heterocycles. The molecular formula is C17H14N4O4. The van der Waals surface area contributed by atoms with Crippen LogP contribution in [0.4, 0.5) is 11.4 Å². The number of hydrogen-bond donors (Lipinski definition) is 0. The summed E-state index contributed by atoms with van der Waals surface area (Å²) in [6.07, 6.45) is 5.32. The van der Waals surface area contributed by atoms with Crippen LogP contribution < -0.4 is 0 Å². The van der Waals surface area contributed by atoms with Gasteiger partial charge in [0.2, 0.25) is 0 Å². The van der Waals surface area contributed by atoms with E-state index in [1.807, 2.05) is 36.6 Å². The maximum absolute atomic E-state index is 11.0. The van der Waals surface area contributed by atoms with E-state index in [-0.39, 0.29) is 0 Å². The molecule has 0 aliphatic rings. The van der Waals surface area contributed by atoms with E-state index in [9.17, 15) is 20.2 Å². The summed E-state index contributed by atoms with van der Waals surface area (Å²) in [5.74, 6) is 0. The van der Waals surface area contributed by atoms with Crippen LogP contribution in [0, 0.1) is 34.1 Å². The Kier molecular flexibility index (Phi) is 4.02. The molecule has 8 heteroatoms. The zero-order chi connectivity index (χ0) is 18.1. The third-order valence-electron chi connectivity index (χ3n) is 3.88. The van der Waals surface area contributed by atoms with E-state index in [1.165, 1.54) is 12.1 Å². The second-order valence-electron chi connectivity index (χ2n) is 5.61. The van der Waals surface area contributed by atoms with Crippen molar-refractivity contribution in [2.75, 3.05) is 0 Å². The van der Waals surface area contributed by atoms with Gasteiger partial charge in [0.25, 0.3) is 0 Å². The van der Waals surface area contributed by atoms with Crippen molar-refractivity contribution in [2.24, 2.45) is 0 Å². The van der Waals surface area contributed by atoms with Crippen LogP contribution in [0.2, 0.25) is 0 Å². The average molecular weight is 338 g/mol. The molecule has 3 aromatic rings. The van der Waals surface area contributed by atoms with Gasteiger partial charge in [-0.1, -0.05) is 6.08 Å². The standard InChI is InChI=1S/C17H14N4O4/c1-11-7-8-19-12(2)14(18-17(19)9-11)5-3-13-4-6-15(20(22)23)16(10-13)21(24)25/h3-10H,1-2H3/b5-3+. The maximum atomic E-state index is 11.0. The van der Waals surface area contributed by atoms with Crippen LogP contribution in [0.3, 0.4) is 0 Å². The van der Waals surface area contributed by atoms with E-state index in [0.717, 1.165) is 28.7 Å². The quantitative estimate of drug-likeness (QED) is 0.529. The average Bonchev–Trinajstić information content (AvgIpc) is 2.87. The van der Waals surface area contributed by atoms with Gasteiger partial charge in [0.15, 0.2) is 0 Å². The molecular weight excluding hydrogens is 324 g/mol. The molecule has 0 bridgehead atoms. The molecule has 0 aliphatic heterocycles. The summed E-state index contributed by atoms with van der Waals surface area (Å²) in [6.45, 7) is 3.91. The first kappa shape index (κ1) is 16.3. The molecule has 3 rings (SSSR count). The number of nitro benzene ring substituents is 2. The second kappa shape index (κ2) is 6.16. The van der Waals surface area contributed by atoms with Crippen LogP contribution in [0.25, 0.3) is 17.8 Å². The fourth-order valence-electron chi connectivity index (χ4n) is 2.57. The highest BCUT2D eigenvalue weighted by Gasteiger charge is 2.23. The molecule has 0 radical (unpaired) electrons. The minimum absolute atomic E-state index is 0.491. The lowest BCUT2D eigenvalue weighted by molar-refractivity contribution is -0.422. The number of aromatic nitrogens is 2. The molecule has 1 aromatic carbocycles. The lowest BCUT2D eigenvalue weighted by Crippen LogP contribution is -1.96. The van der Waals surface area contributed by atoms with Crippen molar-refractivity contribution in [3.8, 4) is 0 Å². The number of hydrogen-bond acceptors (Lipinski definition) is 5. The smallest absolute Gasteiger partial charge is 0.304 e. The zero-order valence-corrected chi connectivity index (χ0v) is 13.5. The summed E-state index contributed by atoms with van der Waals surface area (Å²) in [6, 6.07) is 7.73. The third kappa shape index (κ3) is 3.09. The molecule has 0 spiro atoms. The van der Waals surface area contributed by atoms with Crippen molar-refractivity contribution >= 4 is 29.2 Å². The summed E-state index contributed by atoms with van der Waals surface area (Å²) in [5, 5.41) is 21.9. The van der Waals surface area contributed by atoms with Crippen molar-refractivity contribution in [3.05, 3.63) is 79.3 Å². The van der Waals surface area contributed by atoms with Crippen molar-refractivity contribution in [3.63, 3.8) is 0 Å². The van der Waals surface area contributed by atoms with E-state index in [0.29, 0.717) is 5.56 Å². The number of fused-ring (bicyclic) bond motifs is 1. The molecule has 0 atom stereocenters. The van der Waals surface area contributed by atoms with Gasteiger partial charge in [-0.15, -0.1) is 0 Å².